The molecule has 7 nitrogen and oxygen atoms in total. The number of oxime groups is 1. The molecular formula is C13H20N4O3. The number of aryl methyl sites for hydroxylation is 1. The Kier molecular flexibility index (Phi) is 3.96. The molecule has 1 aromatic rings. The lowest BCUT2D eigenvalue weighted by Gasteiger charge is -2.38. The minimum Gasteiger partial charge on any atom is -0.409 e. The van der Waals surface area contributed by atoms with Crippen LogP contribution in [0, 0.1) is 12.8 Å². The lowest BCUT2D eigenvalue weighted by atomic mass is 9.76. The van der Waals surface area contributed by atoms with E-state index in [1.807, 2.05) is 0 Å². The number of nitrogens with two attached hydrogens (primary N) is 1. The van der Waals surface area contributed by atoms with Crippen LogP contribution in [-0.2, 0) is 0 Å². The quantitative estimate of drug-likeness (QED) is 0.335. The summed E-state index contributed by atoms with van der Waals surface area (Å²) in [5.41, 5.74) is 5.62. The van der Waals surface area contributed by atoms with E-state index < -0.39 is 11.4 Å². The molecule has 1 aliphatic rings. The van der Waals surface area contributed by atoms with Gasteiger partial charge in [-0.05, 0) is 38.5 Å². The van der Waals surface area contributed by atoms with E-state index in [9.17, 15) is 4.79 Å². The van der Waals surface area contributed by atoms with Gasteiger partial charge in [-0.2, -0.15) is 0 Å². The number of nitrogens with one attached hydrogen (secondary N) is 1. The van der Waals surface area contributed by atoms with Crippen LogP contribution >= 0.6 is 0 Å². The highest BCUT2D eigenvalue weighted by Crippen LogP contribution is 2.32. The number of hydrogen-bond acceptors (Lipinski definition) is 5. The third kappa shape index (κ3) is 2.76. The molecule has 0 aliphatic heterocycles. The van der Waals surface area contributed by atoms with Crippen LogP contribution in [0.3, 0.4) is 0 Å². The molecule has 0 saturated heterocycles. The zero-order chi connectivity index (χ0) is 14.8. The average molecular weight is 280 g/mol. The van der Waals surface area contributed by atoms with Crippen molar-refractivity contribution < 1.29 is 14.5 Å². The van der Waals surface area contributed by atoms with Gasteiger partial charge in [0.2, 0.25) is 5.76 Å². The SMILES string of the molecule is Cc1cc(C(=O)NC2(C(N)=NO)CCC(C)CC2)on1. The van der Waals surface area contributed by atoms with Crippen LogP contribution in [0.4, 0.5) is 0 Å². The molecule has 0 bridgehead atoms. The molecule has 7 heteroatoms. The Labute approximate surface area is 117 Å². The summed E-state index contributed by atoms with van der Waals surface area (Å²) in [4.78, 5) is 12.2. The van der Waals surface area contributed by atoms with E-state index in [-0.39, 0.29) is 11.6 Å². The van der Waals surface area contributed by atoms with Crippen molar-refractivity contribution in [3.8, 4) is 0 Å². The third-order valence-electron chi connectivity index (χ3n) is 3.93. The highest BCUT2D eigenvalue weighted by molar-refractivity contribution is 5.98. The molecule has 0 spiro atoms. The van der Waals surface area contributed by atoms with Gasteiger partial charge < -0.3 is 20.8 Å². The summed E-state index contributed by atoms with van der Waals surface area (Å²) in [6.07, 6.45) is 3.10. The second-order valence-electron chi connectivity index (χ2n) is 5.54. The molecule has 1 aromatic heterocycles. The minimum atomic E-state index is -0.807. The van der Waals surface area contributed by atoms with Gasteiger partial charge in [0.1, 0.15) is 5.54 Å². The lowest BCUT2D eigenvalue weighted by molar-refractivity contribution is 0.0860. The third-order valence-corrected chi connectivity index (χ3v) is 3.93. The maximum atomic E-state index is 12.2. The van der Waals surface area contributed by atoms with Crippen LogP contribution in [0.2, 0.25) is 0 Å². The second-order valence-corrected chi connectivity index (χ2v) is 5.54. The lowest BCUT2D eigenvalue weighted by Crippen LogP contribution is -2.59. The molecule has 2 rings (SSSR count). The van der Waals surface area contributed by atoms with E-state index in [4.69, 9.17) is 15.5 Å². The molecule has 0 atom stereocenters. The molecule has 1 amide bonds. The Morgan fingerprint density at radius 3 is 2.75 bits per heavy atom. The number of amides is 1. The maximum absolute atomic E-state index is 12.2. The second kappa shape index (κ2) is 5.52. The molecule has 1 saturated carbocycles. The summed E-state index contributed by atoms with van der Waals surface area (Å²) in [6.45, 7) is 3.89. The van der Waals surface area contributed by atoms with Crippen molar-refractivity contribution in [2.45, 2.75) is 45.1 Å². The smallest absolute Gasteiger partial charge is 0.290 e. The van der Waals surface area contributed by atoms with Gasteiger partial charge >= 0.3 is 0 Å². The Balaban J connectivity index is 2.18. The molecule has 1 aliphatic carbocycles. The molecule has 20 heavy (non-hydrogen) atoms. The highest BCUT2D eigenvalue weighted by Gasteiger charge is 2.40. The molecule has 0 radical (unpaired) electrons. The van der Waals surface area contributed by atoms with E-state index in [1.165, 1.54) is 0 Å². The number of hydrogen-bond donors (Lipinski definition) is 3. The monoisotopic (exact) mass is 280 g/mol. The van der Waals surface area contributed by atoms with Gasteiger partial charge in [-0.25, -0.2) is 0 Å². The fraction of sp³-hybridized carbons (Fsp3) is 0.615. The van der Waals surface area contributed by atoms with Gasteiger partial charge in [-0.1, -0.05) is 17.2 Å². The number of carbonyl (C=O) groups excluding carboxylic acids is 1. The van der Waals surface area contributed by atoms with E-state index in [1.54, 1.807) is 13.0 Å². The number of amidine groups is 1. The Bertz CT molecular complexity index is 515. The van der Waals surface area contributed by atoms with Gasteiger partial charge in [-0.3, -0.25) is 4.79 Å². The van der Waals surface area contributed by atoms with E-state index in [0.717, 1.165) is 12.8 Å². The first kappa shape index (κ1) is 14.4. The van der Waals surface area contributed by atoms with Gasteiger partial charge in [0, 0.05) is 6.07 Å². The summed E-state index contributed by atoms with van der Waals surface area (Å²) in [5.74, 6) is 0.339. The first-order valence-corrected chi connectivity index (χ1v) is 6.71. The van der Waals surface area contributed by atoms with Crippen molar-refractivity contribution in [2.75, 3.05) is 0 Å². The molecule has 4 N–H and O–H groups in total. The molecule has 1 heterocycles. The number of carbonyl (C=O) groups is 1. The van der Waals surface area contributed by atoms with Crippen LogP contribution in [0.15, 0.2) is 15.7 Å². The molecule has 110 valence electrons. The number of rotatable bonds is 3. The molecule has 0 aromatic carbocycles. The predicted octanol–water partition coefficient (Wildman–Crippen LogP) is 1.41. The maximum Gasteiger partial charge on any atom is 0.290 e. The van der Waals surface area contributed by atoms with Crippen LogP contribution < -0.4 is 11.1 Å². The largest absolute Gasteiger partial charge is 0.409 e. The Morgan fingerprint density at radius 1 is 1.60 bits per heavy atom. The van der Waals surface area contributed by atoms with Crippen LogP contribution in [0.25, 0.3) is 0 Å². The van der Waals surface area contributed by atoms with E-state index in [2.05, 4.69) is 22.6 Å². The zero-order valence-corrected chi connectivity index (χ0v) is 11.7. The van der Waals surface area contributed by atoms with Gasteiger partial charge in [0.25, 0.3) is 5.91 Å². The standard InChI is InChI=1S/C13H20N4O3/c1-8-3-5-13(6-4-8,12(14)16-19)15-11(18)10-7-9(2)17-20-10/h7-8,19H,3-6H2,1-2H3,(H2,14,16)(H,15,18). The van der Waals surface area contributed by atoms with Crippen LogP contribution in [0.5, 0.6) is 0 Å². The van der Waals surface area contributed by atoms with Crippen LogP contribution in [-0.4, -0.2) is 27.6 Å². The summed E-state index contributed by atoms with van der Waals surface area (Å²) in [7, 11) is 0. The number of aromatic nitrogens is 1. The summed E-state index contributed by atoms with van der Waals surface area (Å²) in [5, 5.41) is 18.6. The fourth-order valence-corrected chi connectivity index (χ4v) is 2.55. The number of nitrogens with zero attached hydrogens (tertiary/aromatic N) is 2. The molecule has 0 unspecified atom stereocenters. The molecule has 1 fully saturated rings. The van der Waals surface area contributed by atoms with Gasteiger partial charge in [0.05, 0.1) is 5.69 Å². The average Bonchev–Trinajstić information content (AvgIpc) is 2.87. The van der Waals surface area contributed by atoms with Crippen molar-refractivity contribution in [1.29, 1.82) is 0 Å². The first-order chi connectivity index (χ1) is 9.47. The Morgan fingerprint density at radius 2 is 2.25 bits per heavy atom. The fourth-order valence-electron chi connectivity index (χ4n) is 2.55. The van der Waals surface area contributed by atoms with Crippen molar-refractivity contribution in [2.24, 2.45) is 16.8 Å². The zero-order valence-electron chi connectivity index (χ0n) is 11.7. The first-order valence-electron chi connectivity index (χ1n) is 6.71. The molecular weight excluding hydrogens is 260 g/mol. The summed E-state index contributed by atoms with van der Waals surface area (Å²) in [6, 6.07) is 1.56. The van der Waals surface area contributed by atoms with E-state index >= 15 is 0 Å². The van der Waals surface area contributed by atoms with Crippen LogP contribution in [0.1, 0.15) is 48.9 Å². The minimum absolute atomic E-state index is 0.0361. The van der Waals surface area contributed by atoms with Gasteiger partial charge in [0.15, 0.2) is 5.84 Å². The van der Waals surface area contributed by atoms with Crippen molar-refractivity contribution >= 4 is 11.7 Å². The highest BCUT2D eigenvalue weighted by atomic mass is 16.5. The predicted molar refractivity (Wildman–Crippen MR) is 72.5 cm³/mol. The summed E-state index contributed by atoms with van der Waals surface area (Å²) >= 11 is 0. The van der Waals surface area contributed by atoms with Crippen molar-refractivity contribution in [3.63, 3.8) is 0 Å². The normalized spacial score (nSPS) is 27.3. The van der Waals surface area contributed by atoms with E-state index in [0.29, 0.717) is 24.5 Å². The van der Waals surface area contributed by atoms with Gasteiger partial charge in [-0.15, -0.1) is 0 Å². The topological polar surface area (TPSA) is 114 Å². The van der Waals surface area contributed by atoms with Crippen molar-refractivity contribution in [1.82, 2.24) is 10.5 Å². The van der Waals surface area contributed by atoms with Crippen molar-refractivity contribution in [3.05, 3.63) is 17.5 Å². The Hall–Kier alpha value is -2.05. The summed E-state index contributed by atoms with van der Waals surface area (Å²) < 4.78 is 4.94.